The van der Waals surface area contributed by atoms with E-state index in [2.05, 4.69) is 5.32 Å². The van der Waals surface area contributed by atoms with E-state index < -0.39 is 40.0 Å². The van der Waals surface area contributed by atoms with Gasteiger partial charge in [0.2, 0.25) is 5.91 Å². The highest BCUT2D eigenvalue weighted by atomic mass is 35.5. The third-order valence-corrected chi connectivity index (χ3v) is 8.58. The molecule has 1 fully saturated rings. The van der Waals surface area contributed by atoms with Gasteiger partial charge in [-0.25, -0.2) is 8.42 Å². The van der Waals surface area contributed by atoms with E-state index in [1.165, 1.54) is 30.0 Å². The zero-order chi connectivity index (χ0) is 28.3. The van der Waals surface area contributed by atoms with Crippen molar-refractivity contribution in [1.29, 1.82) is 0 Å². The number of carbonyl (C=O) groups is 2. The molecule has 0 spiro atoms. The zero-order valence-electron chi connectivity index (χ0n) is 20.3. The quantitative estimate of drug-likeness (QED) is 0.484. The van der Waals surface area contributed by atoms with Crippen molar-refractivity contribution in [1.82, 2.24) is 15.1 Å². The van der Waals surface area contributed by atoms with Gasteiger partial charge < -0.3 is 15.3 Å². The summed E-state index contributed by atoms with van der Waals surface area (Å²) in [6, 6.07) is 5.93. The third-order valence-electron chi connectivity index (χ3n) is 6.18. The Labute approximate surface area is 228 Å². The Bertz CT molecular complexity index is 1310. The summed E-state index contributed by atoms with van der Waals surface area (Å²) < 4.78 is 66.7. The number of benzene rings is 2. The molecule has 2 N–H and O–H groups in total. The van der Waals surface area contributed by atoms with E-state index in [1.54, 1.807) is 4.90 Å². The number of sulfone groups is 1. The van der Waals surface area contributed by atoms with Gasteiger partial charge in [-0.2, -0.15) is 13.2 Å². The second kappa shape index (κ2) is 12.2. The van der Waals surface area contributed by atoms with Gasteiger partial charge in [0, 0.05) is 54.9 Å². The van der Waals surface area contributed by atoms with Gasteiger partial charge in [-0.05, 0) is 41.5 Å². The highest BCUT2D eigenvalue weighted by Gasteiger charge is 2.36. The molecule has 1 aliphatic heterocycles. The third kappa shape index (κ3) is 7.17. The number of amides is 2. The Kier molecular flexibility index (Phi) is 9.69. The maximum Gasteiger partial charge on any atom is 0.416 e. The Morgan fingerprint density at radius 2 is 1.74 bits per heavy atom. The van der Waals surface area contributed by atoms with Crippen molar-refractivity contribution < 1.29 is 36.3 Å². The van der Waals surface area contributed by atoms with Crippen LogP contribution in [0, 0.1) is 0 Å². The van der Waals surface area contributed by atoms with E-state index in [4.69, 9.17) is 28.3 Å². The van der Waals surface area contributed by atoms with E-state index >= 15 is 0 Å². The number of hydrogen-bond acceptors (Lipinski definition) is 6. The van der Waals surface area contributed by atoms with E-state index in [1.807, 2.05) is 0 Å². The Morgan fingerprint density at radius 3 is 2.32 bits per heavy atom. The number of carbonyl (C=O) groups excluding carboxylic acids is 2. The Hall–Kier alpha value is -2.38. The fraction of sp³-hybridized carbons (Fsp3) is 0.417. The first-order valence-corrected chi connectivity index (χ1v) is 14.0. The monoisotopic (exact) mass is 595 g/mol. The second-order valence-corrected chi connectivity index (χ2v) is 11.7. The number of aliphatic hydroxyl groups excluding tert-OH is 1. The largest absolute Gasteiger partial charge is 0.416 e. The number of rotatable bonds is 8. The maximum absolute atomic E-state index is 14.0. The number of nitrogens with zero attached hydrogens (tertiary/aromatic N) is 2. The molecule has 0 aliphatic carbocycles. The van der Waals surface area contributed by atoms with Gasteiger partial charge in [-0.1, -0.05) is 30.1 Å². The van der Waals surface area contributed by atoms with Crippen LogP contribution >= 0.6 is 23.2 Å². The molecule has 14 heteroatoms. The molecule has 2 aromatic rings. The van der Waals surface area contributed by atoms with Gasteiger partial charge in [0.05, 0.1) is 16.2 Å². The molecular formula is C24H26Cl2F3N3O5S. The van der Waals surface area contributed by atoms with Crippen molar-refractivity contribution in [3.63, 3.8) is 0 Å². The first kappa shape index (κ1) is 30.2. The van der Waals surface area contributed by atoms with Crippen molar-refractivity contribution in [2.45, 2.75) is 31.1 Å². The van der Waals surface area contributed by atoms with Crippen molar-refractivity contribution in [2.24, 2.45) is 0 Å². The van der Waals surface area contributed by atoms with E-state index in [0.29, 0.717) is 6.07 Å². The summed E-state index contributed by atoms with van der Waals surface area (Å²) >= 11 is 12.2. The summed E-state index contributed by atoms with van der Waals surface area (Å²) in [4.78, 5) is 27.5. The summed E-state index contributed by atoms with van der Waals surface area (Å²) in [5, 5.41) is 11.4. The summed E-state index contributed by atoms with van der Waals surface area (Å²) in [5.41, 5.74) is -1.42. The second-order valence-electron chi connectivity index (χ2n) is 8.64. The van der Waals surface area contributed by atoms with Crippen LogP contribution in [-0.4, -0.2) is 73.7 Å². The van der Waals surface area contributed by atoms with Crippen LogP contribution in [0.25, 0.3) is 0 Å². The number of piperazine rings is 1. The lowest BCUT2D eigenvalue weighted by Crippen LogP contribution is -2.49. The lowest BCUT2D eigenvalue weighted by molar-refractivity contribution is -0.138. The molecule has 0 aromatic heterocycles. The molecule has 8 nitrogen and oxygen atoms in total. The zero-order valence-corrected chi connectivity index (χ0v) is 22.6. The number of halogens is 5. The molecule has 208 valence electrons. The van der Waals surface area contributed by atoms with Crippen molar-refractivity contribution in [2.75, 3.05) is 38.5 Å². The topological polar surface area (TPSA) is 107 Å². The predicted molar refractivity (Wildman–Crippen MR) is 136 cm³/mol. The van der Waals surface area contributed by atoms with Crippen LogP contribution in [-0.2, 0) is 33.9 Å². The van der Waals surface area contributed by atoms with Gasteiger partial charge in [0.25, 0.3) is 5.91 Å². The van der Waals surface area contributed by atoms with Gasteiger partial charge in [0.15, 0.2) is 9.84 Å². The minimum absolute atomic E-state index is 0.0325. The van der Waals surface area contributed by atoms with Crippen LogP contribution in [0.3, 0.4) is 0 Å². The first-order valence-electron chi connectivity index (χ1n) is 11.6. The average Bonchev–Trinajstić information content (AvgIpc) is 2.87. The minimum atomic E-state index is -4.81. The average molecular weight is 596 g/mol. The number of aliphatic hydroxyl groups is 1. The van der Waals surface area contributed by atoms with Gasteiger partial charge >= 0.3 is 6.18 Å². The lowest BCUT2D eigenvalue weighted by Gasteiger charge is -2.35. The molecule has 1 saturated heterocycles. The van der Waals surface area contributed by atoms with Crippen molar-refractivity contribution in [3.05, 3.63) is 62.6 Å². The summed E-state index contributed by atoms with van der Waals surface area (Å²) in [5.74, 6) is -1.51. The highest BCUT2D eigenvalue weighted by molar-refractivity contribution is 7.91. The summed E-state index contributed by atoms with van der Waals surface area (Å²) in [6.45, 7) is 1.44. The standard InChI is InChI=1S/C24H26Cl2F3N3O5S/c1-2-38(36,37)21-4-3-17(25)9-16(21)12-30-23(35)15-10-19(24(27,28)29)18(20(26)11-15)13-31-5-7-32(8-6-31)22(34)14-33/h3-4,9-11,33H,2,5-8,12-14H2,1H3,(H,30,35). The molecular weight excluding hydrogens is 570 g/mol. The molecule has 0 bridgehead atoms. The SMILES string of the molecule is CCS(=O)(=O)c1ccc(Cl)cc1CNC(=O)c1cc(Cl)c(CN2CCN(C(=O)CO)CC2)c(C(F)(F)F)c1. The predicted octanol–water partition coefficient (Wildman–Crippen LogP) is 3.37. The minimum Gasteiger partial charge on any atom is -0.387 e. The highest BCUT2D eigenvalue weighted by Crippen LogP contribution is 2.37. The van der Waals surface area contributed by atoms with Gasteiger partial charge in [-0.15, -0.1) is 0 Å². The molecule has 38 heavy (non-hydrogen) atoms. The van der Waals surface area contributed by atoms with Gasteiger partial charge in [0.1, 0.15) is 6.61 Å². The van der Waals surface area contributed by atoms with E-state index in [0.717, 1.165) is 6.07 Å². The van der Waals surface area contributed by atoms with Crippen LogP contribution in [0.1, 0.15) is 34.0 Å². The Balaban J connectivity index is 1.82. The summed E-state index contributed by atoms with van der Waals surface area (Å²) in [7, 11) is -3.64. The number of hydrogen-bond donors (Lipinski definition) is 2. The smallest absolute Gasteiger partial charge is 0.387 e. The molecule has 0 unspecified atom stereocenters. The van der Waals surface area contributed by atoms with E-state index in [-0.39, 0.29) is 76.7 Å². The fourth-order valence-corrected chi connectivity index (χ4v) is 5.67. The van der Waals surface area contributed by atoms with Crippen LogP contribution in [0.15, 0.2) is 35.2 Å². The first-order chi connectivity index (χ1) is 17.8. The molecule has 0 saturated carbocycles. The maximum atomic E-state index is 14.0. The molecule has 2 amide bonds. The summed E-state index contributed by atoms with van der Waals surface area (Å²) in [6.07, 6.45) is -4.81. The van der Waals surface area contributed by atoms with Crippen molar-refractivity contribution in [3.8, 4) is 0 Å². The van der Waals surface area contributed by atoms with Crippen molar-refractivity contribution >= 4 is 44.9 Å². The van der Waals surface area contributed by atoms with Gasteiger partial charge in [-0.3, -0.25) is 14.5 Å². The van der Waals surface area contributed by atoms with Crippen LogP contribution in [0.5, 0.6) is 0 Å². The molecule has 1 aliphatic rings. The van der Waals surface area contributed by atoms with Crippen LogP contribution < -0.4 is 5.32 Å². The number of alkyl halides is 3. The van der Waals surface area contributed by atoms with Crippen LogP contribution in [0.4, 0.5) is 13.2 Å². The van der Waals surface area contributed by atoms with E-state index in [9.17, 15) is 31.2 Å². The fourth-order valence-electron chi connectivity index (χ4n) is 4.08. The molecule has 1 heterocycles. The molecule has 0 atom stereocenters. The normalized spacial score (nSPS) is 15.0. The molecule has 0 radical (unpaired) electrons. The Morgan fingerprint density at radius 1 is 1.08 bits per heavy atom. The molecule has 3 rings (SSSR count). The lowest BCUT2D eigenvalue weighted by atomic mass is 10.0. The number of nitrogens with one attached hydrogen (secondary N) is 1. The molecule has 2 aromatic carbocycles. The van der Waals surface area contributed by atoms with Crippen LogP contribution in [0.2, 0.25) is 10.0 Å².